The molecule has 1 aliphatic heterocycles. The molecule has 2 amide bonds. The molecule has 0 atom stereocenters. The van der Waals surface area contributed by atoms with E-state index in [0.29, 0.717) is 0 Å². The van der Waals surface area contributed by atoms with Gasteiger partial charge in [-0.1, -0.05) is 0 Å². The maximum atomic E-state index is 10.9. The normalized spacial score (nSPS) is 17.6. The molecule has 0 aromatic carbocycles. The van der Waals surface area contributed by atoms with Gasteiger partial charge >= 0.3 is 0 Å². The minimum absolute atomic E-state index is 0.0274. The molecule has 0 unspecified atom stereocenters. The van der Waals surface area contributed by atoms with Gasteiger partial charge in [-0.15, -0.1) is 23.2 Å². The molecule has 1 rings (SSSR count). The Hall–Kier alpha value is -0.540. The molecule has 0 aromatic rings. The van der Waals surface area contributed by atoms with Crippen molar-refractivity contribution in [2.75, 3.05) is 11.8 Å². The van der Waals surface area contributed by atoms with Gasteiger partial charge in [-0.05, 0) is 0 Å². The fourth-order valence-corrected chi connectivity index (χ4v) is 1.38. The second-order valence-electron chi connectivity index (χ2n) is 2.01. The van der Waals surface area contributed by atoms with E-state index in [0.717, 1.165) is 0 Å². The summed E-state index contributed by atoms with van der Waals surface area (Å²) in [5.74, 6) is -0.805. The summed E-state index contributed by atoms with van der Waals surface area (Å²) in [6.45, 7) is 0. The quantitative estimate of drug-likeness (QED) is 0.511. The van der Waals surface area contributed by atoms with Crippen LogP contribution < -0.4 is 5.32 Å². The monoisotopic (exact) mass is 193 g/mol. The number of amides is 2. The summed E-state index contributed by atoms with van der Waals surface area (Å²) < 4.78 is 0. The number of imide groups is 1. The lowest BCUT2D eigenvalue weighted by atomic mass is 10.2. The van der Waals surface area contributed by atoms with Gasteiger partial charge in [-0.3, -0.25) is 14.9 Å². The first-order chi connectivity index (χ1) is 5.20. The number of alkyl halides is 2. The average Bonchev–Trinajstić information content (AvgIpc) is 2.24. The molecule has 0 fully saturated rings. The zero-order valence-corrected chi connectivity index (χ0v) is 7.00. The smallest absolute Gasteiger partial charge is 0.255 e. The van der Waals surface area contributed by atoms with E-state index in [1.165, 1.54) is 0 Å². The molecule has 11 heavy (non-hydrogen) atoms. The summed E-state index contributed by atoms with van der Waals surface area (Å²) >= 11 is 10.8. The van der Waals surface area contributed by atoms with Crippen molar-refractivity contribution in [1.82, 2.24) is 5.32 Å². The van der Waals surface area contributed by atoms with Crippen molar-refractivity contribution < 1.29 is 9.59 Å². The molecule has 60 valence electrons. The topological polar surface area (TPSA) is 46.2 Å². The van der Waals surface area contributed by atoms with Crippen molar-refractivity contribution >= 4 is 35.0 Å². The molecule has 0 spiro atoms. The van der Waals surface area contributed by atoms with Crippen LogP contribution in [0.3, 0.4) is 0 Å². The van der Waals surface area contributed by atoms with E-state index in [1.807, 2.05) is 0 Å². The maximum Gasteiger partial charge on any atom is 0.255 e. The third-order valence-corrected chi connectivity index (χ3v) is 1.94. The van der Waals surface area contributed by atoms with Crippen LogP contribution in [-0.4, -0.2) is 23.6 Å². The van der Waals surface area contributed by atoms with Crippen LogP contribution in [0.15, 0.2) is 11.1 Å². The number of halogens is 2. The van der Waals surface area contributed by atoms with Gasteiger partial charge in [-0.25, -0.2) is 0 Å². The first-order valence-electron chi connectivity index (χ1n) is 2.90. The fraction of sp³-hybridized carbons (Fsp3) is 0.333. The number of nitrogens with one attached hydrogen (secondary N) is 1. The van der Waals surface area contributed by atoms with Crippen molar-refractivity contribution in [2.45, 2.75) is 0 Å². The molecular formula is C6H5Cl2NO2. The zero-order chi connectivity index (χ0) is 8.43. The second-order valence-corrected chi connectivity index (χ2v) is 2.54. The molecule has 0 bridgehead atoms. The van der Waals surface area contributed by atoms with Crippen LogP contribution in [0.1, 0.15) is 0 Å². The van der Waals surface area contributed by atoms with Gasteiger partial charge in [0, 0.05) is 11.1 Å². The summed E-state index contributed by atoms with van der Waals surface area (Å²) in [4.78, 5) is 21.7. The minimum Gasteiger partial charge on any atom is -0.289 e. The van der Waals surface area contributed by atoms with Crippen LogP contribution in [0.25, 0.3) is 0 Å². The van der Waals surface area contributed by atoms with Gasteiger partial charge in [0.2, 0.25) is 0 Å². The number of hydrogen-bond acceptors (Lipinski definition) is 2. The molecule has 3 nitrogen and oxygen atoms in total. The Balaban J connectivity index is 3.02. The highest BCUT2D eigenvalue weighted by atomic mass is 35.5. The van der Waals surface area contributed by atoms with Crippen molar-refractivity contribution in [2.24, 2.45) is 0 Å². The van der Waals surface area contributed by atoms with Gasteiger partial charge in [0.15, 0.2) is 0 Å². The fourth-order valence-electron chi connectivity index (χ4n) is 0.811. The largest absolute Gasteiger partial charge is 0.289 e. The van der Waals surface area contributed by atoms with E-state index in [4.69, 9.17) is 23.2 Å². The summed E-state index contributed by atoms with van der Waals surface area (Å²) in [5.41, 5.74) is 0.568. The molecule has 5 heteroatoms. The number of rotatable bonds is 2. The Labute approximate surface area is 73.3 Å². The summed E-state index contributed by atoms with van der Waals surface area (Å²) in [5, 5.41) is 2.10. The first kappa shape index (κ1) is 8.56. The molecule has 0 saturated carbocycles. The number of carbonyl (C=O) groups excluding carboxylic acids is 2. The van der Waals surface area contributed by atoms with E-state index in [1.54, 1.807) is 0 Å². The van der Waals surface area contributed by atoms with E-state index in [9.17, 15) is 9.59 Å². The molecule has 0 saturated heterocycles. The van der Waals surface area contributed by atoms with E-state index in [-0.39, 0.29) is 22.9 Å². The minimum atomic E-state index is -0.430. The van der Waals surface area contributed by atoms with E-state index in [2.05, 4.69) is 5.32 Å². The Bertz CT molecular complexity index is 223. The molecule has 1 N–H and O–H groups in total. The molecule has 0 radical (unpaired) electrons. The molecule has 0 aliphatic carbocycles. The van der Waals surface area contributed by atoms with Crippen LogP contribution in [0.2, 0.25) is 0 Å². The predicted octanol–water partition coefficient (Wildman–Crippen LogP) is 0.417. The Kier molecular flexibility index (Phi) is 2.52. The molecule has 0 aromatic heterocycles. The lowest BCUT2D eigenvalue weighted by Gasteiger charge is -1.91. The van der Waals surface area contributed by atoms with Gasteiger partial charge in [0.25, 0.3) is 11.8 Å². The van der Waals surface area contributed by atoms with E-state index >= 15 is 0 Å². The third-order valence-electron chi connectivity index (χ3n) is 1.41. The predicted molar refractivity (Wildman–Crippen MR) is 41.6 cm³/mol. The van der Waals surface area contributed by atoms with Crippen molar-refractivity contribution in [3.05, 3.63) is 11.1 Å². The van der Waals surface area contributed by atoms with E-state index < -0.39 is 11.8 Å². The number of carbonyl (C=O) groups is 2. The van der Waals surface area contributed by atoms with Crippen LogP contribution in [-0.2, 0) is 9.59 Å². The Morgan fingerprint density at radius 1 is 1.00 bits per heavy atom. The summed E-state index contributed by atoms with van der Waals surface area (Å²) in [7, 11) is 0. The highest BCUT2D eigenvalue weighted by Crippen LogP contribution is 2.14. The van der Waals surface area contributed by atoms with Crippen LogP contribution in [0.4, 0.5) is 0 Å². The Morgan fingerprint density at radius 2 is 1.36 bits per heavy atom. The average molecular weight is 194 g/mol. The van der Waals surface area contributed by atoms with Crippen molar-refractivity contribution in [3.8, 4) is 0 Å². The molecular weight excluding hydrogens is 189 g/mol. The van der Waals surface area contributed by atoms with Gasteiger partial charge in [-0.2, -0.15) is 0 Å². The lowest BCUT2D eigenvalue weighted by molar-refractivity contribution is -0.124. The van der Waals surface area contributed by atoms with Gasteiger partial charge in [0.05, 0.1) is 11.8 Å². The highest BCUT2D eigenvalue weighted by molar-refractivity contribution is 6.31. The maximum absolute atomic E-state index is 10.9. The zero-order valence-electron chi connectivity index (χ0n) is 5.49. The summed E-state index contributed by atoms with van der Waals surface area (Å²) in [6.07, 6.45) is 0. The lowest BCUT2D eigenvalue weighted by Crippen LogP contribution is -2.23. The van der Waals surface area contributed by atoms with Gasteiger partial charge < -0.3 is 0 Å². The van der Waals surface area contributed by atoms with Crippen LogP contribution in [0, 0.1) is 0 Å². The standard InChI is InChI=1S/C6H5Cl2NO2/c7-1-3-4(2-8)6(11)9-5(3)10/h1-2H2,(H,9,10,11). The highest BCUT2D eigenvalue weighted by Gasteiger charge is 2.28. The SMILES string of the molecule is O=C1NC(=O)C(CCl)=C1CCl. The second kappa shape index (κ2) is 3.24. The van der Waals surface area contributed by atoms with Crippen molar-refractivity contribution in [3.63, 3.8) is 0 Å². The van der Waals surface area contributed by atoms with Crippen LogP contribution >= 0.6 is 23.2 Å². The van der Waals surface area contributed by atoms with Crippen LogP contribution in [0.5, 0.6) is 0 Å². The first-order valence-corrected chi connectivity index (χ1v) is 3.97. The van der Waals surface area contributed by atoms with Crippen molar-refractivity contribution in [1.29, 1.82) is 0 Å². The summed E-state index contributed by atoms with van der Waals surface area (Å²) in [6, 6.07) is 0. The number of hydrogen-bond donors (Lipinski definition) is 1. The molecule has 1 heterocycles. The molecule has 1 aliphatic rings. The Morgan fingerprint density at radius 3 is 1.64 bits per heavy atom. The van der Waals surface area contributed by atoms with Gasteiger partial charge in [0.1, 0.15) is 0 Å². The third kappa shape index (κ3) is 1.39.